The highest BCUT2D eigenvalue weighted by atomic mass is 19.4. The van der Waals surface area contributed by atoms with E-state index in [2.05, 4.69) is 25.2 Å². The number of rotatable bonds is 8. The summed E-state index contributed by atoms with van der Waals surface area (Å²) in [6.07, 6.45) is 5.39. The van der Waals surface area contributed by atoms with Crippen molar-refractivity contribution in [2.45, 2.75) is 63.6 Å². The molecule has 0 radical (unpaired) electrons. The van der Waals surface area contributed by atoms with E-state index in [0.29, 0.717) is 48.2 Å². The molecule has 1 aliphatic heterocycles. The van der Waals surface area contributed by atoms with Crippen LogP contribution in [0.25, 0.3) is 11.2 Å². The number of halogens is 3. The third kappa shape index (κ3) is 5.39. The maximum absolute atomic E-state index is 12.9. The topological polar surface area (TPSA) is 88.0 Å². The maximum Gasteiger partial charge on any atom is 0.416 e. The normalized spacial score (nSPS) is 17.2. The molecule has 0 spiro atoms. The Labute approximate surface area is 207 Å². The first-order valence-corrected chi connectivity index (χ1v) is 12.6. The minimum atomic E-state index is -4.39. The van der Waals surface area contributed by atoms with Crippen LogP contribution >= 0.6 is 0 Å². The van der Waals surface area contributed by atoms with Gasteiger partial charge in [-0.25, -0.2) is 4.98 Å². The zero-order valence-electron chi connectivity index (χ0n) is 20.0. The molecular weight excluding hydrogens is 471 g/mol. The highest BCUT2D eigenvalue weighted by Crippen LogP contribution is 2.33. The number of amides is 1. The van der Waals surface area contributed by atoms with Crippen LogP contribution in [-0.4, -0.2) is 50.0 Å². The Morgan fingerprint density at radius 2 is 1.81 bits per heavy atom. The van der Waals surface area contributed by atoms with Crippen molar-refractivity contribution in [3.05, 3.63) is 36.2 Å². The third-order valence-corrected chi connectivity index (χ3v) is 6.93. The van der Waals surface area contributed by atoms with E-state index in [1.807, 2.05) is 11.2 Å². The molecular formula is C25H30F3N7O. The van der Waals surface area contributed by atoms with Gasteiger partial charge in [0.2, 0.25) is 11.9 Å². The lowest BCUT2D eigenvalue weighted by Gasteiger charge is -2.23. The Hall–Kier alpha value is -3.37. The number of nitrogens with zero attached hydrogens (tertiary/aromatic N) is 5. The van der Waals surface area contributed by atoms with Crippen molar-refractivity contribution in [3.8, 4) is 0 Å². The SMILES string of the molecule is O=C1CCCN1CCCNc1nc(Nc2ccc(C(F)(F)F)cc2)nc2c1ncn2C1CCCCC1. The first kappa shape index (κ1) is 24.3. The number of likely N-dealkylation sites (tertiary alicyclic amines) is 1. The average molecular weight is 502 g/mol. The molecule has 8 nitrogen and oxygen atoms in total. The molecule has 36 heavy (non-hydrogen) atoms. The summed E-state index contributed by atoms with van der Waals surface area (Å²) in [5.41, 5.74) is 1.11. The van der Waals surface area contributed by atoms with Crippen LogP contribution in [0.15, 0.2) is 30.6 Å². The Balaban J connectivity index is 1.38. The summed E-state index contributed by atoms with van der Waals surface area (Å²) in [6.45, 7) is 2.10. The van der Waals surface area contributed by atoms with E-state index in [0.717, 1.165) is 57.2 Å². The first-order chi connectivity index (χ1) is 17.4. The summed E-state index contributed by atoms with van der Waals surface area (Å²) in [6, 6.07) is 5.12. The molecule has 1 aromatic carbocycles. The number of carbonyl (C=O) groups excluding carboxylic acids is 1. The van der Waals surface area contributed by atoms with Gasteiger partial charge in [0.15, 0.2) is 17.0 Å². The third-order valence-electron chi connectivity index (χ3n) is 6.93. The summed E-state index contributed by atoms with van der Waals surface area (Å²) >= 11 is 0. The van der Waals surface area contributed by atoms with Crippen molar-refractivity contribution in [3.63, 3.8) is 0 Å². The number of imidazole rings is 1. The lowest BCUT2D eigenvalue weighted by atomic mass is 9.95. The van der Waals surface area contributed by atoms with Crippen molar-refractivity contribution in [1.82, 2.24) is 24.4 Å². The number of aromatic nitrogens is 4. The van der Waals surface area contributed by atoms with Gasteiger partial charge in [0.25, 0.3) is 0 Å². The van der Waals surface area contributed by atoms with E-state index in [4.69, 9.17) is 4.98 Å². The van der Waals surface area contributed by atoms with Crippen molar-refractivity contribution < 1.29 is 18.0 Å². The van der Waals surface area contributed by atoms with Crippen LogP contribution in [-0.2, 0) is 11.0 Å². The predicted molar refractivity (Wildman–Crippen MR) is 131 cm³/mol. The second kappa shape index (κ2) is 10.3. The Morgan fingerprint density at radius 1 is 1.03 bits per heavy atom. The molecule has 2 aromatic heterocycles. The molecule has 3 heterocycles. The number of hydrogen-bond acceptors (Lipinski definition) is 6. The van der Waals surface area contributed by atoms with E-state index in [-0.39, 0.29) is 11.9 Å². The van der Waals surface area contributed by atoms with Crippen molar-refractivity contribution >= 4 is 34.5 Å². The van der Waals surface area contributed by atoms with Gasteiger partial charge in [-0.3, -0.25) is 4.79 Å². The van der Waals surface area contributed by atoms with Crippen LogP contribution in [0, 0.1) is 0 Å². The Bertz CT molecular complexity index is 1200. The second-order valence-corrected chi connectivity index (χ2v) is 9.48. The zero-order valence-corrected chi connectivity index (χ0v) is 20.0. The van der Waals surface area contributed by atoms with Gasteiger partial charge in [-0.05, 0) is 49.9 Å². The standard InChI is InChI=1S/C25H30F3N7O/c26-25(27,28)17-9-11-18(12-10-17)31-24-32-22(29-13-5-15-34-14-4-8-20(34)36)21-23(33-24)35(16-30-21)19-6-2-1-3-7-19/h9-12,16,19H,1-8,13-15H2,(H2,29,31,32,33). The van der Waals surface area contributed by atoms with Crippen LogP contribution in [0.5, 0.6) is 0 Å². The highest BCUT2D eigenvalue weighted by molar-refractivity contribution is 5.85. The molecule has 2 aliphatic rings. The molecule has 11 heteroatoms. The highest BCUT2D eigenvalue weighted by Gasteiger charge is 2.30. The zero-order chi connectivity index (χ0) is 25.1. The van der Waals surface area contributed by atoms with Gasteiger partial charge in [0, 0.05) is 37.8 Å². The largest absolute Gasteiger partial charge is 0.416 e. The first-order valence-electron chi connectivity index (χ1n) is 12.6. The Kier molecular flexibility index (Phi) is 6.97. The number of nitrogens with one attached hydrogen (secondary N) is 2. The molecule has 1 amide bonds. The van der Waals surface area contributed by atoms with Crippen molar-refractivity contribution in [1.29, 1.82) is 0 Å². The molecule has 1 saturated carbocycles. The van der Waals surface area contributed by atoms with E-state index in [1.165, 1.54) is 18.6 Å². The van der Waals surface area contributed by atoms with Gasteiger partial charge >= 0.3 is 6.18 Å². The summed E-state index contributed by atoms with van der Waals surface area (Å²) in [5, 5.41) is 6.40. The summed E-state index contributed by atoms with van der Waals surface area (Å²) in [7, 11) is 0. The van der Waals surface area contributed by atoms with E-state index in [9.17, 15) is 18.0 Å². The fraction of sp³-hybridized carbons (Fsp3) is 0.520. The maximum atomic E-state index is 12.9. The number of fused-ring (bicyclic) bond motifs is 1. The van der Waals surface area contributed by atoms with Gasteiger partial charge in [0.1, 0.15) is 0 Å². The monoisotopic (exact) mass is 501 g/mol. The number of carbonyl (C=O) groups is 1. The van der Waals surface area contributed by atoms with Crippen LogP contribution in [0.1, 0.15) is 63.0 Å². The summed E-state index contributed by atoms with van der Waals surface area (Å²) in [5.74, 6) is 1.06. The fourth-order valence-corrected chi connectivity index (χ4v) is 5.01. The van der Waals surface area contributed by atoms with Crippen LogP contribution < -0.4 is 10.6 Å². The molecule has 0 atom stereocenters. The molecule has 2 fully saturated rings. The Morgan fingerprint density at radius 3 is 2.50 bits per heavy atom. The van der Waals surface area contributed by atoms with Gasteiger partial charge in [-0.2, -0.15) is 23.1 Å². The number of anilines is 3. The van der Waals surface area contributed by atoms with Crippen LogP contribution in [0.3, 0.4) is 0 Å². The molecule has 1 aliphatic carbocycles. The van der Waals surface area contributed by atoms with Crippen molar-refractivity contribution in [2.75, 3.05) is 30.3 Å². The van der Waals surface area contributed by atoms with Crippen LogP contribution in [0.2, 0.25) is 0 Å². The fourth-order valence-electron chi connectivity index (χ4n) is 5.01. The summed E-state index contributed by atoms with van der Waals surface area (Å²) < 4.78 is 40.9. The van der Waals surface area contributed by atoms with Gasteiger partial charge in [-0.15, -0.1) is 0 Å². The minimum absolute atomic E-state index is 0.202. The number of benzene rings is 1. The van der Waals surface area contributed by atoms with Gasteiger partial charge in [-0.1, -0.05) is 19.3 Å². The summed E-state index contributed by atoms with van der Waals surface area (Å²) in [4.78, 5) is 27.7. The van der Waals surface area contributed by atoms with E-state index in [1.54, 1.807) is 0 Å². The van der Waals surface area contributed by atoms with E-state index < -0.39 is 11.7 Å². The molecule has 5 rings (SSSR count). The lowest BCUT2D eigenvalue weighted by molar-refractivity contribution is -0.137. The van der Waals surface area contributed by atoms with Gasteiger partial charge < -0.3 is 20.1 Å². The number of hydrogen-bond donors (Lipinski definition) is 2. The predicted octanol–water partition coefficient (Wildman–Crippen LogP) is 5.52. The molecule has 0 bridgehead atoms. The van der Waals surface area contributed by atoms with Gasteiger partial charge in [0.05, 0.1) is 11.9 Å². The quantitative estimate of drug-likeness (QED) is 0.395. The van der Waals surface area contributed by atoms with E-state index >= 15 is 0 Å². The number of alkyl halides is 3. The molecule has 3 aromatic rings. The second-order valence-electron chi connectivity index (χ2n) is 9.48. The molecule has 2 N–H and O–H groups in total. The van der Waals surface area contributed by atoms with Crippen molar-refractivity contribution in [2.24, 2.45) is 0 Å². The minimum Gasteiger partial charge on any atom is -0.368 e. The van der Waals surface area contributed by atoms with Crippen LogP contribution in [0.4, 0.5) is 30.6 Å². The molecule has 192 valence electrons. The smallest absolute Gasteiger partial charge is 0.368 e. The lowest BCUT2D eigenvalue weighted by Crippen LogP contribution is -2.27. The molecule has 0 unspecified atom stereocenters. The molecule has 1 saturated heterocycles. The average Bonchev–Trinajstić information content (AvgIpc) is 3.48.